The van der Waals surface area contributed by atoms with Gasteiger partial charge in [-0.1, -0.05) is 66.4 Å². The molecule has 2 heterocycles. The van der Waals surface area contributed by atoms with Crippen molar-refractivity contribution < 1.29 is 5.11 Å². The third kappa shape index (κ3) is 3.04. The van der Waals surface area contributed by atoms with E-state index in [1.54, 1.807) is 0 Å². The normalized spacial score (nSPS) is 20.2. The summed E-state index contributed by atoms with van der Waals surface area (Å²) in [6.45, 7) is 2.01. The van der Waals surface area contributed by atoms with Crippen molar-refractivity contribution in [2.24, 2.45) is 7.05 Å². The summed E-state index contributed by atoms with van der Waals surface area (Å²) in [6, 6.07) is 23.8. The van der Waals surface area contributed by atoms with Gasteiger partial charge in [0.25, 0.3) is 0 Å². The highest BCUT2D eigenvalue weighted by Gasteiger charge is 2.37. The summed E-state index contributed by atoms with van der Waals surface area (Å²) in [5, 5.41) is 14.9. The first-order valence-electron chi connectivity index (χ1n) is 10.2. The first-order valence-corrected chi connectivity index (χ1v) is 10.2. The molecule has 0 saturated carbocycles. The number of nitrogens with one attached hydrogen (secondary N) is 1. The van der Waals surface area contributed by atoms with Gasteiger partial charge in [0.05, 0.1) is 29.3 Å². The number of benzene rings is 3. The molecule has 1 aliphatic heterocycles. The molecule has 0 bridgehead atoms. The third-order valence-corrected chi connectivity index (χ3v) is 5.93. The van der Waals surface area contributed by atoms with Crippen LogP contribution in [0, 0.1) is 18.8 Å². The first kappa shape index (κ1) is 18.5. The van der Waals surface area contributed by atoms with Crippen LogP contribution in [0.5, 0.6) is 0 Å². The molecule has 0 saturated heterocycles. The van der Waals surface area contributed by atoms with Crippen LogP contribution in [0.3, 0.4) is 0 Å². The van der Waals surface area contributed by atoms with E-state index in [-0.39, 0.29) is 12.0 Å². The van der Waals surface area contributed by atoms with Crippen LogP contribution in [0.2, 0.25) is 0 Å². The molecule has 0 unspecified atom stereocenters. The Kier molecular flexibility index (Phi) is 4.54. The highest BCUT2D eigenvalue weighted by Crippen LogP contribution is 2.43. The highest BCUT2D eigenvalue weighted by atomic mass is 16.3. The minimum absolute atomic E-state index is 0.262. The van der Waals surface area contributed by atoms with Crippen LogP contribution in [0.25, 0.3) is 11.0 Å². The molecule has 0 radical (unpaired) electrons. The number of anilines is 1. The second-order valence-corrected chi connectivity index (χ2v) is 7.75. The molecule has 0 fully saturated rings. The fourth-order valence-electron chi connectivity index (χ4n) is 4.21. The quantitative estimate of drug-likeness (QED) is 0.467. The Morgan fingerprint density at radius 1 is 0.967 bits per heavy atom. The molecule has 1 aliphatic rings. The van der Waals surface area contributed by atoms with Crippen LogP contribution in [0.1, 0.15) is 34.5 Å². The SMILES string of the molecule is Cc1nc2c3c(ccc2n1C)[C@H](C#Cc1ccccc1)[C@H](O)[C@@H](c1ccccc1)N3. The summed E-state index contributed by atoms with van der Waals surface area (Å²) in [6.07, 6.45) is -0.682. The number of hydrogen-bond donors (Lipinski definition) is 2. The molecular formula is C26H23N3O. The summed E-state index contributed by atoms with van der Waals surface area (Å²) in [5.41, 5.74) is 5.91. The molecular weight excluding hydrogens is 370 g/mol. The summed E-state index contributed by atoms with van der Waals surface area (Å²) < 4.78 is 2.09. The van der Waals surface area contributed by atoms with Gasteiger partial charge in [-0.3, -0.25) is 0 Å². The van der Waals surface area contributed by atoms with E-state index in [1.165, 1.54) is 0 Å². The van der Waals surface area contributed by atoms with E-state index in [1.807, 2.05) is 74.6 Å². The molecule has 0 spiro atoms. The molecule has 5 rings (SSSR count). The number of aromatic nitrogens is 2. The minimum atomic E-state index is -0.682. The van der Waals surface area contributed by atoms with Gasteiger partial charge in [-0.05, 0) is 36.2 Å². The Hall–Kier alpha value is -3.55. The Balaban J connectivity index is 1.69. The van der Waals surface area contributed by atoms with Crippen LogP contribution in [-0.4, -0.2) is 20.8 Å². The molecule has 4 nitrogen and oxygen atoms in total. The maximum Gasteiger partial charge on any atom is 0.112 e. The monoisotopic (exact) mass is 393 g/mol. The number of hydrogen-bond acceptors (Lipinski definition) is 3. The predicted octanol–water partition coefficient (Wildman–Crippen LogP) is 4.54. The van der Waals surface area contributed by atoms with Crippen LogP contribution in [0.4, 0.5) is 5.69 Å². The van der Waals surface area contributed by atoms with Crippen molar-refractivity contribution in [3.8, 4) is 11.8 Å². The van der Waals surface area contributed by atoms with Crippen molar-refractivity contribution in [3.63, 3.8) is 0 Å². The van der Waals surface area contributed by atoms with E-state index in [0.717, 1.165) is 39.2 Å². The Morgan fingerprint density at radius 2 is 1.67 bits per heavy atom. The topological polar surface area (TPSA) is 50.1 Å². The van der Waals surface area contributed by atoms with Gasteiger partial charge in [-0.2, -0.15) is 0 Å². The number of fused-ring (bicyclic) bond motifs is 3. The number of aliphatic hydroxyl groups is 1. The predicted molar refractivity (Wildman–Crippen MR) is 120 cm³/mol. The smallest absolute Gasteiger partial charge is 0.112 e. The Bertz CT molecular complexity index is 1270. The zero-order valence-corrected chi connectivity index (χ0v) is 17.0. The lowest BCUT2D eigenvalue weighted by atomic mass is 9.81. The van der Waals surface area contributed by atoms with E-state index in [2.05, 4.69) is 33.9 Å². The molecule has 3 aromatic carbocycles. The number of rotatable bonds is 1. The molecule has 0 amide bonds. The largest absolute Gasteiger partial charge is 0.389 e. The number of aryl methyl sites for hydroxylation is 2. The van der Waals surface area contributed by atoms with E-state index >= 15 is 0 Å². The van der Waals surface area contributed by atoms with E-state index in [9.17, 15) is 5.11 Å². The van der Waals surface area contributed by atoms with Gasteiger partial charge in [0.15, 0.2) is 0 Å². The van der Waals surface area contributed by atoms with Crippen LogP contribution < -0.4 is 5.32 Å². The third-order valence-electron chi connectivity index (χ3n) is 5.93. The van der Waals surface area contributed by atoms with Crippen LogP contribution in [0.15, 0.2) is 72.8 Å². The first-order chi connectivity index (χ1) is 14.6. The zero-order chi connectivity index (χ0) is 20.7. The molecule has 3 atom stereocenters. The summed E-state index contributed by atoms with van der Waals surface area (Å²) >= 11 is 0. The van der Waals surface area contributed by atoms with E-state index in [4.69, 9.17) is 4.98 Å². The lowest BCUT2D eigenvalue weighted by molar-refractivity contribution is 0.136. The molecule has 148 valence electrons. The minimum Gasteiger partial charge on any atom is -0.389 e. The molecule has 30 heavy (non-hydrogen) atoms. The zero-order valence-electron chi connectivity index (χ0n) is 17.0. The second kappa shape index (κ2) is 7.37. The number of nitrogens with zero attached hydrogens (tertiary/aromatic N) is 2. The fourth-order valence-corrected chi connectivity index (χ4v) is 4.21. The second-order valence-electron chi connectivity index (χ2n) is 7.75. The average Bonchev–Trinajstić information content (AvgIpc) is 3.08. The van der Waals surface area contributed by atoms with Gasteiger partial charge in [0.1, 0.15) is 11.3 Å². The molecule has 2 N–H and O–H groups in total. The Labute approximate surface area is 176 Å². The van der Waals surface area contributed by atoms with Crippen LogP contribution in [-0.2, 0) is 7.05 Å². The summed E-state index contributed by atoms with van der Waals surface area (Å²) in [7, 11) is 2.02. The van der Waals surface area contributed by atoms with Gasteiger partial charge in [-0.15, -0.1) is 0 Å². The maximum atomic E-state index is 11.3. The number of aliphatic hydroxyl groups excluding tert-OH is 1. The number of imidazole rings is 1. The van der Waals surface area contributed by atoms with E-state index < -0.39 is 6.10 Å². The van der Waals surface area contributed by atoms with Gasteiger partial charge in [-0.25, -0.2) is 4.98 Å². The average molecular weight is 393 g/mol. The van der Waals surface area contributed by atoms with Crippen LogP contribution >= 0.6 is 0 Å². The van der Waals surface area contributed by atoms with E-state index in [0.29, 0.717) is 0 Å². The van der Waals surface area contributed by atoms with Crippen molar-refractivity contribution in [3.05, 3.63) is 95.3 Å². The van der Waals surface area contributed by atoms with Gasteiger partial charge >= 0.3 is 0 Å². The molecule has 0 aliphatic carbocycles. The van der Waals surface area contributed by atoms with Crippen molar-refractivity contribution in [2.75, 3.05) is 5.32 Å². The lowest BCUT2D eigenvalue weighted by Crippen LogP contribution is -2.35. The van der Waals surface area contributed by atoms with Gasteiger partial charge in [0, 0.05) is 12.6 Å². The van der Waals surface area contributed by atoms with Crippen molar-refractivity contribution in [1.82, 2.24) is 9.55 Å². The lowest BCUT2D eigenvalue weighted by Gasteiger charge is -2.36. The maximum absolute atomic E-state index is 11.3. The van der Waals surface area contributed by atoms with Crippen molar-refractivity contribution in [2.45, 2.75) is 25.0 Å². The highest BCUT2D eigenvalue weighted by molar-refractivity contribution is 5.92. The van der Waals surface area contributed by atoms with Crippen molar-refractivity contribution >= 4 is 16.7 Å². The van der Waals surface area contributed by atoms with Crippen molar-refractivity contribution in [1.29, 1.82) is 0 Å². The molecule has 4 aromatic rings. The van der Waals surface area contributed by atoms with Gasteiger partial charge < -0.3 is 15.0 Å². The standard InChI is InChI=1S/C26H23N3O/c1-17-27-25-22(29(17)2)16-15-20-21(14-13-18-9-5-3-6-10-18)26(30)23(28-24(20)25)19-11-7-4-8-12-19/h3-12,15-16,21,23,26,28,30H,1-2H3/t21-,23+,26-/m0/s1. The summed E-state index contributed by atoms with van der Waals surface area (Å²) in [5.74, 6) is 7.25. The summed E-state index contributed by atoms with van der Waals surface area (Å²) in [4.78, 5) is 4.80. The van der Waals surface area contributed by atoms with Gasteiger partial charge in [0.2, 0.25) is 0 Å². The molecule has 1 aromatic heterocycles. The Morgan fingerprint density at radius 3 is 2.40 bits per heavy atom. The molecule has 4 heteroatoms. The fraction of sp³-hybridized carbons (Fsp3) is 0.192.